The number of benzene rings is 1. The first-order valence-electron chi connectivity index (χ1n) is 7.02. The minimum Gasteiger partial charge on any atom is -0.476 e. The van der Waals surface area contributed by atoms with Gasteiger partial charge in [0.2, 0.25) is 5.88 Å². The second kappa shape index (κ2) is 6.48. The van der Waals surface area contributed by atoms with E-state index in [1.165, 1.54) is 0 Å². The Morgan fingerprint density at radius 1 is 1.45 bits per heavy atom. The molecular formula is C15H17N3O4. The van der Waals surface area contributed by atoms with Crippen molar-refractivity contribution in [1.29, 1.82) is 0 Å². The molecule has 1 atom stereocenters. The molecule has 22 heavy (non-hydrogen) atoms. The summed E-state index contributed by atoms with van der Waals surface area (Å²) >= 11 is 0. The molecule has 1 aromatic carbocycles. The molecule has 0 saturated heterocycles. The number of hydrogen-bond donors (Lipinski definition) is 2. The van der Waals surface area contributed by atoms with Crippen molar-refractivity contribution in [3.8, 4) is 5.88 Å². The number of aromatic nitrogens is 2. The molecule has 1 aliphatic rings. The monoisotopic (exact) mass is 303 g/mol. The molecule has 2 heterocycles. The number of carbonyl (C=O) groups excluding carboxylic acids is 1. The number of aliphatic hydroxyl groups excluding tert-OH is 1. The van der Waals surface area contributed by atoms with Crippen LogP contribution in [0.15, 0.2) is 36.4 Å². The predicted molar refractivity (Wildman–Crippen MR) is 77.2 cm³/mol. The lowest BCUT2D eigenvalue weighted by atomic mass is 10.2. The lowest BCUT2D eigenvalue weighted by molar-refractivity contribution is 0.120. The molecule has 0 aliphatic carbocycles. The summed E-state index contributed by atoms with van der Waals surface area (Å²) in [7, 11) is 0. The maximum atomic E-state index is 11.8. The van der Waals surface area contributed by atoms with Gasteiger partial charge in [0.05, 0.1) is 24.9 Å². The molecule has 7 nitrogen and oxygen atoms in total. The van der Waals surface area contributed by atoms with E-state index < -0.39 is 6.09 Å². The van der Waals surface area contributed by atoms with Gasteiger partial charge in [-0.25, -0.2) is 9.48 Å². The van der Waals surface area contributed by atoms with Gasteiger partial charge in [0, 0.05) is 6.07 Å². The van der Waals surface area contributed by atoms with Crippen molar-refractivity contribution >= 4 is 6.09 Å². The van der Waals surface area contributed by atoms with E-state index in [-0.39, 0.29) is 19.3 Å². The molecule has 2 aromatic rings. The van der Waals surface area contributed by atoms with E-state index in [1.807, 2.05) is 30.3 Å². The van der Waals surface area contributed by atoms with Gasteiger partial charge < -0.3 is 19.9 Å². The van der Waals surface area contributed by atoms with Crippen LogP contribution in [0.4, 0.5) is 4.79 Å². The standard InChI is InChI=1S/C15H17N3O4/c19-8-12-6-14-18(17-12)7-13(10-21-14)16-15(20)22-9-11-4-2-1-3-5-11/h1-6,13,19H,7-10H2,(H,16,20). The van der Waals surface area contributed by atoms with Crippen LogP contribution in [0.1, 0.15) is 11.3 Å². The average Bonchev–Trinajstić information content (AvgIpc) is 2.96. The predicted octanol–water partition coefficient (Wildman–Crippen LogP) is 1.06. The number of ether oxygens (including phenoxy) is 2. The first-order chi connectivity index (χ1) is 10.7. The second-order valence-electron chi connectivity index (χ2n) is 5.03. The fourth-order valence-electron chi connectivity index (χ4n) is 2.24. The van der Waals surface area contributed by atoms with E-state index in [1.54, 1.807) is 10.7 Å². The minimum atomic E-state index is -0.490. The van der Waals surface area contributed by atoms with E-state index in [0.29, 0.717) is 24.7 Å². The van der Waals surface area contributed by atoms with Crippen molar-refractivity contribution in [2.75, 3.05) is 6.61 Å². The summed E-state index contributed by atoms with van der Waals surface area (Å²) in [6, 6.07) is 10.9. The van der Waals surface area contributed by atoms with E-state index >= 15 is 0 Å². The van der Waals surface area contributed by atoms with Gasteiger partial charge in [-0.2, -0.15) is 5.10 Å². The summed E-state index contributed by atoms with van der Waals surface area (Å²) in [4.78, 5) is 11.8. The lowest BCUT2D eigenvalue weighted by Crippen LogP contribution is -2.45. The first-order valence-corrected chi connectivity index (χ1v) is 7.02. The summed E-state index contributed by atoms with van der Waals surface area (Å²) in [5.41, 5.74) is 1.47. The summed E-state index contributed by atoms with van der Waals surface area (Å²) in [5.74, 6) is 0.597. The molecule has 7 heteroatoms. The Kier molecular flexibility index (Phi) is 4.24. The van der Waals surface area contributed by atoms with Gasteiger partial charge in [-0.15, -0.1) is 0 Å². The molecule has 0 saturated carbocycles. The number of nitrogens with zero attached hydrogens (tertiary/aromatic N) is 2. The van der Waals surface area contributed by atoms with E-state index in [2.05, 4.69) is 10.4 Å². The third-order valence-corrected chi connectivity index (χ3v) is 3.32. The Bertz CT molecular complexity index is 641. The zero-order valence-corrected chi connectivity index (χ0v) is 11.9. The molecule has 0 bridgehead atoms. The lowest BCUT2D eigenvalue weighted by Gasteiger charge is -2.24. The number of rotatable bonds is 4. The van der Waals surface area contributed by atoms with Crippen LogP contribution in [0.5, 0.6) is 5.88 Å². The highest BCUT2D eigenvalue weighted by atomic mass is 16.5. The van der Waals surface area contributed by atoms with Crippen molar-refractivity contribution in [3.05, 3.63) is 47.7 Å². The summed E-state index contributed by atoms with van der Waals surface area (Å²) in [5, 5.41) is 16.0. The summed E-state index contributed by atoms with van der Waals surface area (Å²) in [6.45, 7) is 0.912. The third-order valence-electron chi connectivity index (χ3n) is 3.32. The molecule has 0 fully saturated rings. The smallest absolute Gasteiger partial charge is 0.407 e. The minimum absolute atomic E-state index is 0.138. The number of aliphatic hydroxyl groups is 1. The van der Waals surface area contributed by atoms with E-state index in [9.17, 15) is 4.79 Å². The Morgan fingerprint density at radius 2 is 2.27 bits per heavy atom. The van der Waals surface area contributed by atoms with Crippen molar-refractivity contribution < 1.29 is 19.4 Å². The number of alkyl carbamates (subject to hydrolysis) is 1. The fraction of sp³-hybridized carbons (Fsp3) is 0.333. The number of hydrogen-bond acceptors (Lipinski definition) is 5. The van der Waals surface area contributed by atoms with Crippen LogP contribution >= 0.6 is 0 Å². The Hall–Kier alpha value is -2.54. The molecule has 2 N–H and O–H groups in total. The highest BCUT2D eigenvalue weighted by molar-refractivity contribution is 5.67. The zero-order chi connectivity index (χ0) is 15.4. The summed E-state index contributed by atoms with van der Waals surface area (Å²) in [6.07, 6.45) is -0.490. The van der Waals surface area contributed by atoms with E-state index in [0.717, 1.165) is 5.56 Å². The number of nitrogens with one attached hydrogen (secondary N) is 1. The molecule has 1 aromatic heterocycles. The summed E-state index contributed by atoms with van der Waals surface area (Å²) < 4.78 is 12.3. The third kappa shape index (κ3) is 3.37. The van der Waals surface area contributed by atoms with E-state index in [4.69, 9.17) is 14.6 Å². The number of carbonyl (C=O) groups is 1. The topological polar surface area (TPSA) is 85.6 Å². The number of fused-ring (bicyclic) bond motifs is 1. The molecule has 116 valence electrons. The van der Waals surface area contributed by atoms with Crippen LogP contribution in [0.3, 0.4) is 0 Å². The van der Waals surface area contributed by atoms with Crippen LogP contribution in [-0.2, 0) is 24.5 Å². The zero-order valence-electron chi connectivity index (χ0n) is 11.9. The van der Waals surface area contributed by atoms with Crippen LogP contribution in [0.2, 0.25) is 0 Å². The second-order valence-corrected chi connectivity index (χ2v) is 5.03. The Morgan fingerprint density at radius 3 is 3.05 bits per heavy atom. The largest absolute Gasteiger partial charge is 0.476 e. The Balaban J connectivity index is 1.50. The maximum absolute atomic E-state index is 11.8. The van der Waals surface area contributed by atoms with Gasteiger partial charge in [-0.05, 0) is 5.56 Å². The molecule has 1 unspecified atom stereocenters. The molecule has 1 amide bonds. The normalized spacial score (nSPS) is 16.5. The average molecular weight is 303 g/mol. The van der Waals surface area contributed by atoms with Gasteiger partial charge in [-0.3, -0.25) is 0 Å². The van der Waals surface area contributed by atoms with Crippen molar-refractivity contribution in [3.63, 3.8) is 0 Å². The quantitative estimate of drug-likeness (QED) is 0.882. The number of amides is 1. The van der Waals surface area contributed by atoms with Gasteiger partial charge in [0.25, 0.3) is 0 Å². The molecule has 0 radical (unpaired) electrons. The van der Waals surface area contributed by atoms with Crippen LogP contribution in [0, 0.1) is 0 Å². The van der Waals surface area contributed by atoms with Crippen LogP contribution in [-0.4, -0.2) is 33.6 Å². The molecular weight excluding hydrogens is 286 g/mol. The Labute approximate surface area is 127 Å². The van der Waals surface area contributed by atoms with Crippen molar-refractivity contribution in [2.45, 2.75) is 25.8 Å². The maximum Gasteiger partial charge on any atom is 0.407 e. The molecule has 0 spiro atoms. The van der Waals surface area contributed by atoms with Gasteiger partial charge in [-0.1, -0.05) is 30.3 Å². The highest BCUT2D eigenvalue weighted by Gasteiger charge is 2.23. The van der Waals surface area contributed by atoms with Crippen molar-refractivity contribution in [2.24, 2.45) is 0 Å². The van der Waals surface area contributed by atoms with Crippen LogP contribution in [0.25, 0.3) is 0 Å². The fourth-order valence-corrected chi connectivity index (χ4v) is 2.24. The van der Waals surface area contributed by atoms with Gasteiger partial charge in [0.1, 0.15) is 13.2 Å². The SMILES string of the molecule is O=C(NC1COc2cc(CO)nn2C1)OCc1ccccc1. The van der Waals surface area contributed by atoms with Gasteiger partial charge >= 0.3 is 6.09 Å². The highest BCUT2D eigenvalue weighted by Crippen LogP contribution is 2.18. The first kappa shape index (κ1) is 14.4. The van der Waals surface area contributed by atoms with Crippen LogP contribution < -0.4 is 10.1 Å². The molecule has 3 rings (SSSR count). The van der Waals surface area contributed by atoms with Crippen molar-refractivity contribution in [1.82, 2.24) is 15.1 Å². The van der Waals surface area contributed by atoms with Gasteiger partial charge in [0.15, 0.2) is 0 Å². The molecule has 1 aliphatic heterocycles.